The molecule has 0 bridgehead atoms. The van der Waals surface area contributed by atoms with Gasteiger partial charge in [0.2, 0.25) is 0 Å². The van der Waals surface area contributed by atoms with Crippen LogP contribution in [0.2, 0.25) is 13.1 Å². The van der Waals surface area contributed by atoms with Crippen LogP contribution >= 0.6 is 17.0 Å². The Morgan fingerprint density at radius 1 is 0.583 bits per heavy atom. The first-order valence-corrected chi connectivity index (χ1v) is 34.7. The first-order chi connectivity index (χ1) is 23.0. The van der Waals surface area contributed by atoms with Crippen LogP contribution in [-0.2, 0) is 28.4 Å². The van der Waals surface area contributed by atoms with Crippen molar-refractivity contribution in [2.75, 3.05) is 0 Å². The van der Waals surface area contributed by atoms with Gasteiger partial charge in [0.25, 0.3) is 0 Å². The van der Waals surface area contributed by atoms with Gasteiger partial charge in [0.05, 0.1) is 0 Å². The molecule has 0 aliphatic heterocycles. The van der Waals surface area contributed by atoms with E-state index < -0.39 is 21.5 Å². The van der Waals surface area contributed by atoms with Gasteiger partial charge >= 0.3 is 302 Å². The van der Waals surface area contributed by atoms with E-state index in [2.05, 4.69) is 140 Å². The van der Waals surface area contributed by atoms with Crippen molar-refractivity contribution >= 4 is 35.1 Å². The van der Waals surface area contributed by atoms with E-state index in [9.17, 15) is 0 Å². The predicted octanol–water partition coefficient (Wildman–Crippen LogP) is 13.9. The number of hydrogen-bond acceptors (Lipinski definition) is 0. The van der Waals surface area contributed by atoms with Crippen molar-refractivity contribution < 1.29 is 15.6 Å². The van der Waals surface area contributed by atoms with Gasteiger partial charge in [-0.3, -0.25) is 0 Å². The van der Waals surface area contributed by atoms with Gasteiger partial charge in [0.15, 0.2) is 0 Å². The van der Waals surface area contributed by atoms with E-state index in [1.807, 2.05) is 0 Å². The molecule has 0 saturated heterocycles. The molecule has 48 heavy (non-hydrogen) atoms. The van der Waals surface area contributed by atoms with Gasteiger partial charge in [0, 0.05) is 0 Å². The number of benzene rings is 4. The van der Waals surface area contributed by atoms with Crippen LogP contribution in [0.5, 0.6) is 0 Å². The Hall–Kier alpha value is -1.96. The molecule has 0 radical (unpaired) electrons. The number of halogens is 2. The minimum atomic E-state index is -4.85. The fourth-order valence-corrected chi connectivity index (χ4v) is 41.0. The van der Waals surface area contributed by atoms with E-state index in [4.69, 9.17) is 17.0 Å². The maximum absolute atomic E-state index is 8.76. The first kappa shape index (κ1) is 35.9. The van der Waals surface area contributed by atoms with Gasteiger partial charge in [-0.15, -0.1) is 0 Å². The summed E-state index contributed by atoms with van der Waals surface area (Å²) in [5.41, 5.74) is 19.5. The quantitative estimate of drug-likeness (QED) is 0.133. The number of aryl methyl sites for hydroxylation is 4. The van der Waals surface area contributed by atoms with Crippen molar-refractivity contribution in [3.8, 4) is 22.3 Å². The molecule has 0 aromatic heterocycles. The van der Waals surface area contributed by atoms with Gasteiger partial charge in [-0.05, 0) is 0 Å². The second kappa shape index (κ2) is 14.0. The standard InChI is InChI=1S/2C21H23.C2H7Si.2ClH.Zr/c2*1-4-8-17-11-12-18-13-16(5-2)14-20(18)21(17)19-10-7-6-9-15(19)3;1-3-2;;;/h2*6-7,9-14H,4-5,8H2,1-3H3;3H,1-2H3;2*1H;/q;;;;;+2/p-2. The normalized spacial score (nSPS) is 17.9. The molecule has 251 valence electrons. The van der Waals surface area contributed by atoms with Crippen LogP contribution in [0.1, 0.15) is 105 Å². The van der Waals surface area contributed by atoms with Gasteiger partial charge in [-0.1, -0.05) is 0 Å². The molecule has 0 fully saturated rings. The molecule has 2 atom stereocenters. The molecule has 0 saturated carbocycles. The van der Waals surface area contributed by atoms with Crippen LogP contribution in [0.3, 0.4) is 0 Å². The van der Waals surface area contributed by atoms with Crippen molar-refractivity contribution in [2.45, 2.75) is 100 Å². The predicted molar refractivity (Wildman–Crippen MR) is 214 cm³/mol. The van der Waals surface area contributed by atoms with E-state index in [1.54, 1.807) is 0 Å². The summed E-state index contributed by atoms with van der Waals surface area (Å²) in [5, 5.41) is 0. The van der Waals surface area contributed by atoms with Gasteiger partial charge < -0.3 is 0 Å². The summed E-state index contributed by atoms with van der Waals surface area (Å²) in [6, 6.07) is 27.5. The summed E-state index contributed by atoms with van der Waals surface area (Å²) in [6.07, 6.45) is 11.4. The topological polar surface area (TPSA) is 0 Å². The molecule has 2 unspecified atom stereocenters. The van der Waals surface area contributed by atoms with Crippen LogP contribution < -0.4 is 0 Å². The van der Waals surface area contributed by atoms with E-state index in [1.165, 1.54) is 77.9 Å². The van der Waals surface area contributed by atoms with Crippen LogP contribution in [0, 0.1) is 13.8 Å². The third kappa shape index (κ3) is 5.66. The van der Waals surface area contributed by atoms with Crippen molar-refractivity contribution in [1.29, 1.82) is 0 Å². The Bertz CT molecular complexity index is 1800. The average Bonchev–Trinajstić information content (AvgIpc) is 3.66. The molecule has 6 rings (SSSR count). The van der Waals surface area contributed by atoms with Gasteiger partial charge in [0.1, 0.15) is 0 Å². The molecule has 4 aromatic carbocycles. The van der Waals surface area contributed by atoms with Crippen LogP contribution in [0.4, 0.5) is 0 Å². The zero-order valence-electron chi connectivity index (χ0n) is 30.3. The third-order valence-electron chi connectivity index (χ3n) is 11.6. The maximum atomic E-state index is 8.76. The fraction of sp³-hybridized carbons (Fsp3) is 0.364. The van der Waals surface area contributed by atoms with Crippen molar-refractivity contribution in [1.82, 2.24) is 0 Å². The van der Waals surface area contributed by atoms with Crippen LogP contribution in [0.25, 0.3) is 34.4 Å². The van der Waals surface area contributed by atoms with E-state index >= 15 is 0 Å². The Kier molecular flexibility index (Phi) is 10.4. The van der Waals surface area contributed by atoms with Gasteiger partial charge in [-0.25, -0.2) is 0 Å². The summed E-state index contributed by atoms with van der Waals surface area (Å²) in [4.78, 5) is 0. The molecular weight excluding hydrogens is 719 g/mol. The average molecular weight is 772 g/mol. The summed E-state index contributed by atoms with van der Waals surface area (Å²) in [6.45, 7) is 18.7. The zero-order chi connectivity index (χ0) is 34.4. The molecule has 4 heteroatoms. The number of hydrogen-bond donors (Lipinski definition) is 0. The molecule has 0 heterocycles. The molecule has 0 spiro atoms. The van der Waals surface area contributed by atoms with Gasteiger partial charge in [-0.2, -0.15) is 0 Å². The van der Waals surface area contributed by atoms with E-state index in [-0.39, 0.29) is 7.25 Å². The number of allylic oxidation sites excluding steroid dienone is 2. The van der Waals surface area contributed by atoms with Crippen molar-refractivity contribution in [3.63, 3.8) is 0 Å². The molecule has 0 nitrogen and oxygen atoms in total. The second-order valence-electron chi connectivity index (χ2n) is 14.7. The molecule has 0 amide bonds. The first-order valence-electron chi connectivity index (χ1n) is 18.4. The second-order valence-corrected chi connectivity index (χ2v) is 57.2. The molecular formula is C44H53Cl2SiZr. The number of fused-ring (bicyclic) bond motifs is 2. The van der Waals surface area contributed by atoms with Crippen LogP contribution in [0.15, 0.2) is 83.9 Å². The Balaban J connectivity index is 1.64. The molecule has 2 aliphatic rings. The molecule has 0 N–H and O–H groups in total. The minimum absolute atomic E-state index is 0.114. The monoisotopic (exact) mass is 769 g/mol. The Morgan fingerprint density at radius 2 is 0.979 bits per heavy atom. The fourth-order valence-electron chi connectivity index (χ4n) is 9.16. The Labute approximate surface area is 299 Å². The summed E-state index contributed by atoms with van der Waals surface area (Å²) in [5.74, 6) is -1.64. The van der Waals surface area contributed by atoms with Crippen molar-refractivity contribution in [2.24, 2.45) is 0 Å². The summed E-state index contributed by atoms with van der Waals surface area (Å²) < 4.78 is 0.228. The summed E-state index contributed by atoms with van der Waals surface area (Å²) in [7, 11) is 17.5. The SMILES string of the molecule is CCCc1ccc2c(c1-c1ccccc1C)C=C(CC)[CH]2[Zr]([Cl])([Cl])([CH]1C(CC)=Cc2c1ccc(CCC)c2-c1ccccc1C)[SiH](C)C. The molecule has 4 aromatic rings. The Morgan fingerprint density at radius 3 is 1.31 bits per heavy atom. The molecule has 2 aliphatic carbocycles. The van der Waals surface area contributed by atoms with Crippen molar-refractivity contribution in [3.05, 3.63) is 128 Å². The van der Waals surface area contributed by atoms with E-state index in [0.29, 0.717) is 0 Å². The summed E-state index contributed by atoms with van der Waals surface area (Å²) >= 11 is -4.85. The van der Waals surface area contributed by atoms with Crippen LogP contribution in [-0.4, -0.2) is 5.92 Å². The third-order valence-corrected chi connectivity index (χ3v) is 63.5. The number of rotatable bonds is 11. The van der Waals surface area contributed by atoms with E-state index in [0.717, 1.165) is 38.5 Å². The zero-order valence-corrected chi connectivity index (χ0v) is 35.4.